The van der Waals surface area contributed by atoms with Crippen molar-refractivity contribution < 1.29 is 0 Å². The Hall–Kier alpha value is -0.890. The third kappa shape index (κ3) is 5.70. The van der Waals surface area contributed by atoms with Gasteiger partial charge in [-0.3, -0.25) is 0 Å². The summed E-state index contributed by atoms with van der Waals surface area (Å²) < 4.78 is 0. The molecule has 0 amide bonds. The van der Waals surface area contributed by atoms with E-state index in [1.807, 2.05) is 58.4 Å². The molecule has 0 atom stereocenters. The van der Waals surface area contributed by atoms with Crippen molar-refractivity contribution in [2.24, 2.45) is 0 Å². The third-order valence-corrected chi connectivity index (χ3v) is 1.97. The monoisotopic (exact) mass is 211 g/mol. The van der Waals surface area contributed by atoms with E-state index in [-0.39, 0.29) is 0 Å². The highest BCUT2D eigenvalue weighted by molar-refractivity contribution is 7.10. The minimum absolute atomic E-state index is 1.02. The van der Waals surface area contributed by atoms with Gasteiger partial charge in [-0.05, 0) is 19.1 Å². The van der Waals surface area contributed by atoms with Gasteiger partial charge in [0.15, 0.2) is 0 Å². The largest absolute Gasteiger partial charge is 0.245 e. The molecule has 0 aliphatic rings. The zero-order chi connectivity index (χ0) is 11.4. The highest BCUT2D eigenvalue weighted by atomic mass is 32.1. The normalized spacial score (nSPS) is 8.36. The molecule has 14 heavy (non-hydrogen) atoms. The maximum atomic E-state index is 4.14. The van der Waals surface area contributed by atoms with Crippen molar-refractivity contribution in [1.29, 1.82) is 0 Å². The summed E-state index contributed by atoms with van der Waals surface area (Å²) in [5.74, 6) is 0. The molecule has 1 aromatic rings. The van der Waals surface area contributed by atoms with Gasteiger partial charge in [0.25, 0.3) is 0 Å². The molecule has 1 heterocycles. The summed E-state index contributed by atoms with van der Waals surface area (Å²) >= 11 is 1.61. The third-order valence-electron chi connectivity index (χ3n) is 1.13. The first-order valence-electron chi connectivity index (χ1n) is 5.07. The van der Waals surface area contributed by atoms with Crippen LogP contribution in [0.3, 0.4) is 0 Å². The van der Waals surface area contributed by atoms with E-state index < -0.39 is 0 Å². The molecule has 0 bridgehead atoms. The van der Waals surface area contributed by atoms with E-state index in [9.17, 15) is 0 Å². The van der Waals surface area contributed by atoms with Gasteiger partial charge >= 0.3 is 0 Å². The molecule has 0 radical (unpaired) electrons. The number of nitrogens with zero attached hydrogens (tertiary/aromatic N) is 1. The molecule has 1 aromatic heterocycles. The topological polar surface area (TPSA) is 12.9 Å². The zero-order valence-electron chi connectivity index (χ0n) is 9.87. The van der Waals surface area contributed by atoms with E-state index >= 15 is 0 Å². The second-order valence-electron chi connectivity index (χ2n) is 1.81. The molecule has 1 nitrogen and oxygen atoms in total. The summed E-state index contributed by atoms with van der Waals surface area (Å²) in [6.45, 7) is 13.7. The fraction of sp³-hybridized carbons (Fsp3) is 0.417. The van der Waals surface area contributed by atoms with Crippen LogP contribution in [-0.4, -0.2) is 4.98 Å². The van der Waals surface area contributed by atoms with E-state index in [4.69, 9.17) is 0 Å². The fourth-order valence-corrected chi connectivity index (χ4v) is 1.32. The van der Waals surface area contributed by atoms with Crippen LogP contribution in [0.1, 0.15) is 45.2 Å². The first-order chi connectivity index (χ1) is 6.88. The Bertz CT molecular complexity index is 249. The van der Waals surface area contributed by atoms with E-state index in [0.29, 0.717) is 0 Å². The number of hydrogen-bond acceptors (Lipinski definition) is 2. The Morgan fingerprint density at radius 1 is 1.29 bits per heavy atom. The Morgan fingerprint density at radius 2 is 1.86 bits per heavy atom. The Balaban J connectivity index is 0. The van der Waals surface area contributed by atoms with E-state index in [1.165, 1.54) is 0 Å². The van der Waals surface area contributed by atoms with Gasteiger partial charge in [-0.2, -0.15) is 0 Å². The van der Waals surface area contributed by atoms with Crippen LogP contribution in [0.5, 0.6) is 0 Å². The Kier molecular flexibility index (Phi) is 13.5. The molecule has 0 N–H and O–H groups in total. The summed E-state index contributed by atoms with van der Waals surface area (Å²) in [6.07, 6.45) is 5.78. The van der Waals surface area contributed by atoms with Crippen LogP contribution >= 0.6 is 11.3 Å². The first-order valence-corrected chi connectivity index (χ1v) is 5.95. The molecule has 0 fully saturated rings. The van der Waals surface area contributed by atoms with Gasteiger partial charge in [0, 0.05) is 0 Å². The standard InChI is InChI=1S/C8H9NS.2C2H6/c1-3-5-7-8(4-2)10-6-9-7;2*1-2/h3-6H,2H2,1H3;2*1-2H3/b5-3-;;. The van der Waals surface area contributed by atoms with Crippen molar-refractivity contribution in [2.45, 2.75) is 34.6 Å². The zero-order valence-corrected chi connectivity index (χ0v) is 10.7. The lowest BCUT2D eigenvalue weighted by atomic mass is 10.3. The molecule has 0 unspecified atom stereocenters. The van der Waals surface area contributed by atoms with Crippen LogP contribution in [0.2, 0.25) is 0 Å². The van der Waals surface area contributed by atoms with Crippen LogP contribution < -0.4 is 0 Å². The Morgan fingerprint density at radius 3 is 2.29 bits per heavy atom. The van der Waals surface area contributed by atoms with Crippen LogP contribution in [-0.2, 0) is 0 Å². The van der Waals surface area contributed by atoms with Gasteiger partial charge in [0.2, 0.25) is 0 Å². The minimum atomic E-state index is 1.02. The lowest BCUT2D eigenvalue weighted by Gasteiger charge is -1.84. The van der Waals surface area contributed by atoms with E-state index in [0.717, 1.165) is 10.6 Å². The van der Waals surface area contributed by atoms with Gasteiger partial charge in [0.05, 0.1) is 16.1 Å². The molecule has 0 aromatic carbocycles. The predicted molar refractivity (Wildman–Crippen MR) is 69.6 cm³/mol. The molecule has 80 valence electrons. The van der Waals surface area contributed by atoms with E-state index in [1.54, 1.807) is 11.3 Å². The number of allylic oxidation sites excluding steroid dienone is 1. The fourth-order valence-electron chi connectivity index (χ4n) is 0.700. The van der Waals surface area contributed by atoms with Gasteiger partial charge in [-0.15, -0.1) is 11.3 Å². The molecule has 2 heteroatoms. The summed E-state index contributed by atoms with van der Waals surface area (Å²) in [5.41, 5.74) is 2.84. The lowest BCUT2D eigenvalue weighted by Crippen LogP contribution is -1.71. The minimum Gasteiger partial charge on any atom is -0.245 e. The van der Waals surface area contributed by atoms with Crippen molar-refractivity contribution in [3.05, 3.63) is 28.7 Å². The van der Waals surface area contributed by atoms with E-state index in [2.05, 4.69) is 11.6 Å². The molecule has 0 spiro atoms. The van der Waals surface area contributed by atoms with Gasteiger partial charge < -0.3 is 0 Å². The van der Waals surface area contributed by atoms with Crippen LogP contribution in [0, 0.1) is 0 Å². The number of aromatic nitrogens is 1. The predicted octanol–water partition coefficient (Wildman–Crippen LogP) is 4.87. The quantitative estimate of drug-likeness (QED) is 0.680. The molecule has 0 saturated carbocycles. The van der Waals surface area contributed by atoms with Crippen molar-refractivity contribution in [3.63, 3.8) is 0 Å². The second-order valence-corrected chi connectivity index (χ2v) is 2.69. The van der Waals surface area contributed by atoms with Crippen molar-refractivity contribution in [2.75, 3.05) is 0 Å². The molecule has 1 rings (SSSR count). The molecule has 0 saturated heterocycles. The number of rotatable bonds is 2. The molecule has 0 aliphatic carbocycles. The second kappa shape index (κ2) is 12.1. The maximum Gasteiger partial charge on any atom is 0.0808 e. The molecule has 0 aliphatic heterocycles. The highest BCUT2D eigenvalue weighted by Gasteiger charge is 1.95. The number of hydrogen-bond donors (Lipinski definition) is 0. The average molecular weight is 211 g/mol. The van der Waals surface area contributed by atoms with Crippen molar-refractivity contribution >= 4 is 23.5 Å². The van der Waals surface area contributed by atoms with Gasteiger partial charge in [0.1, 0.15) is 0 Å². The summed E-state index contributed by atoms with van der Waals surface area (Å²) in [6, 6.07) is 0. The Labute approximate surface area is 92.2 Å². The van der Waals surface area contributed by atoms with Gasteiger partial charge in [-0.25, -0.2) is 4.98 Å². The highest BCUT2D eigenvalue weighted by Crippen LogP contribution is 2.15. The SMILES string of the molecule is C=Cc1scnc1/C=C\C.CC.CC. The number of thiazole rings is 1. The van der Waals surface area contributed by atoms with Crippen molar-refractivity contribution in [3.8, 4) is 0 Å². The summed E-state index contributed by atoms with van der Waals surface area (Å²) in [7, 11) is 0. The lowest BCUT2D eigenvalue weighted by molar-refractivity contribution is 1.37. The average Bonchev–Trinajstić information content (AvgIpc) is 2.72. The smallest absolute Gasteiger partial charge is 0.0808 e. The van der Waals surface area contributed by atoms with Crippen molar-refractivity contribution in [1.82, 2.24) is 4.98 Å². The first kappa shape index (κ1) is 15.6. The van der Waals surface area contributed by atoms with Crippen LogP contribution in [0.4, 0.5) is 0 Å². The summed E-state index contributed by atoms with van der Waals surface area (Å²) in [5, 5.41) is 0. The van der Waals surface area contributed by atoms with Gasteiger partial charge in [-0.1, -0.05) is 40.3 Å². The summed E-state index contributed by atoms with van der Waals surface area (Å²) in [4.78, 5) is 5.27. The maximum absolute atomic E-state index is 4.14. The van der Waals surface area contributed by atoms with Crippen LogP contribution in [0.15, 0.2) is 18.2 Å². The molecular formula is C12H21NS. The van der Waals surface area contributed by atoms with Crippen LogP contribution in [0.25, 0.3) is 12.2 Å². The molecular weight excluding hydrogens is 190 g/mol.